The molecule has 5 rings (SSSR count). The Hall–Kier alpha value is -3.50. The maximum Gasteiger partial charge on any atom is 0.244 e. The van der Waals surface area contributed by atoms with E-state index in [4.69, 9.17) is 0 Å². The molecule has 0 aromatic heterocycles. The molecule has 0 saturated carbocycles. The second-order valence-electron chi connectivity index (χ2n) is 9.29. The van der Waals surface area contributed by atoms with E-state index in [-0.39, 0.29) is 35.7 Å². The fourth-order valence-corrected chi connectivity index (χ4v) is 7.17. The maximum absolute atomic E-state index is 13.4. The van der Waals surface area contributed by atoms with Crippen LogP contribution in [0.3, 0.4) is 0 Å². The van der Waals surface area contributed by atoms with Crippen LogP contribution in [0.4, 0.5) is 5.69 Å². The SMILES string of the molecule is CS(=O)(=O)c1cc(-c2ccc(C3CN(S(=O)(=O)c4ccccc4)CN3c3ccccc3)cc2)ccc1CO. The summed E-state index contributed by atoms with van der Waals surface area (Å²) in [5.41, 5.74) is 3.76. The van der Waals surface area contributed by atoms with Gasteiger partial charge in [0.1, 0.15) is 0 Å². The lowest BCUT2D eigenvalue weighted by molar-refractivity contribution is 0.278. The Labute approximate surface area is 223 Å². The average molecular weight is 549 g/mol. The molecule has 196 valence electrons. The van der Waals surface area contributed by atoms with E-state index in [0.717, 1.165) is 23.1 Å². The number of hydrogen-bond acceptors (Lipinski definition) is 6. The summed E-state index contributed by atoms with van der Waals surface area (Å²) in [5.74, 6) is 0. The van der Waals surface area contributed by atoms with Crippen LogP contribution in [0.15, 0.2) is 113 Å². The van der Waals surface area contributed by atoms with Crippen LogP contribution >= 0.6 is 0 Å². The van der Waals surface area contributed by atoms with Crippen molar-refractivity contribution >= 4 is 25.5 Å². The summed E-state index contributed by atoms with van der Waals surface area (Å²) >= 11 is 0. The molecule has 38 heavy (non-hydrogen) atoms. The van der Waals surface area contributed by atoms with Gasteiger partial charge in [-0.3, -0.25) is 0 Å². The summed E-state index contributed by atoms with van der Waals surface area (Å²) in [5, 5.41) is 9.56. The van der Waals surface area contributed by atoms with Gasteiger partial charge in [-0.2, -0.15) is 4.31 Å². The highest BCUT2D eigenvalue weighted by atomic mass is 32.2. The molecule has 0 spiro atoms. The maximum atomic E-state index is 13.4. The van der Waals surface area contributed by atoms with Gasteiger partial charge in [-0.15, -0.1) is 0 Å². The summed E-state index contributed by atoms with van der Waals surface area (Å²) in [7, 11) is -7.19. The summed E-state index contributed by atoms with van der Waals surface area (Å²) in [6.07, 6.45) is 1.13. The first-order valence-corrected chi connectivity index (χ1v) is 15.4. The topological polar surface area (TPSA) is 95.0 Å². The van der Waals surface area contributed by atoms with Gasteiger partial charge in [-0.1, -0.05) is 72.8 Å². The van der Waals surface area contributed by atoms with E-state index < -0.39 is 19.9 Å². The molecule has 1 atom stereocenters. The first-order valence-electron chi connectivity index (χ1n) is 12.1. The van der Waals surface area contributed by atoms with Crippen molar-refractivity contribution in [2.75, 3.05) is 24.4 Å². The highest BCUT2D eigenvalue weighted by molar-refractivity contribution is 7.90. The molecule has 1 aliphatic rings. The van der Waals surface area contributed by atoms with Gasteiger partial charge in [0, 0.05) is 18.5 Å². The molecule has 0 radical (unpaired) electrons. The average Bonchev–Trinajstić information content (AvgIpc) is 3.40. The monoisotopic (exact) mass is 548 g/mol. The quantitative estimate of drug-likeness (QED) is 0.367. The van der Waals surface area contributed by atoms with E-state index in [0.29, 0.717) is 11.1 Å². The molecular weight excluding hydrogens is 520 g/mol. The molecule has 0 aliphatic carbocycles. The van der Waals surface area contributed by atoms with Crippen LogP contribution < -0.4 is 4.90 Å². The van der Waals surface area contributed by atoms with Gasteiger partial charge >= 0.3 is 0 Å². The van der Waals surface area contributed by atoms with Crippen LogP contribution in [0.5, 0.6) is 0 Å². The van der Waals surface area contributed by atoms with Crippen LogP contribution in [-0.2, 0) is 26.5 Å². The van der Waals surface area contributed by atoms with Crippen LogP contribution in [0, 0.1) is 0 Å². The largest absolute Gasteiger partial charge is 0.392 e. The lowest BCUT2D eigenvalue weighted by atomic mass is 9.99. The van der Waals surface area contributed by atoms with Crippen LogP contribution in [0.25, 0.3) is 11.1 Å². The van der Waals surface area contributed by atoms with Crippen LogP contribution in [-0.4, -0.2) is 45.7 Å². The van der Waals surface area contributed by atoms with E-state index in [2.05, 4.69) is 4.90 Å². The Morgan fingerprint density at radius 3 is 2.00 bits per heavy atom. The van der Waals surface area contributed by atoms with Crippen molar-refractivity contribution in [1.29, 1.82) is 0 Å². The Kier molecular flexibility index (Phi) is 7.11. The summed E-state index contributed by atoms with van der Waals surface area (Å²) < 4.78 is 52.8. The van der Waals surface area contributed by atoms with E-state index in [1.54, 1.807) is 48.5 Å². The number of benzene rings is 4. The third kappa shape index (κ3) is 5.10. The van der Waals surface area contributed by atoms with Crippen molar-refractivity contribution in [3.8, 4) is 11.1 Å². The molecule has 1 N–H and O–H groups in total. The minimum Gasteiger partial charge on any atom is -0.392 e. The summed E-state index contributed by atoms with van der Waals surface area (Å²) in [4.78, 5) is 2.44. The van der Waals surface area contributed by atoms with Crippen molar-refractivity contribution < 1.29 is 21.9 Å². The zero-order valence-electron chi connectivity index (χ0n) is 20.8. The molecule has 1 saturated heterocycles. The van der Waals surface area contributed by atoms with Crippen LogP contribution in [0.2, 0.25) is 0 Å². The third-order valence-corrected chi connectivity index (χ3v) is 9.79. The van der Waals surface area contributed by atoms with Crippen LogP contribution in [0.1, 0.15) is 17.2 Å². The van der Waals surface area contributed by atoms with Gasteiger partial charge < -0.3 is 10.0 Å². The fraction of sp³-hybridized carbons (Fsp3) is 0.172. The van der Waals surface area contributed by atoms with E-state index >= 15 is 0 Å². The molecule has 9 heteroatoms. The van der Waals surface area contributed by atoms with Gasteiger partial charge in [0.15, 0.2) is 9.84 Å². The molecule has 1 aliphatic heterocycles. The van der Waals surface area contributed by atoms with Crippen molar-refractivity contribution in [2.24, 2.45) is 0 Å². The Balaban J connectivity index is 1.49. The molecule has 1 fully saturated rings. The highest BCUT2D eigenvalue weighted by Crippen LogP contribution is 2.36. The van der Waals surface area contributed by atoms with Gasteiger partial charge in [-0.05, 0) is 52.6 Å². The standard InChI is InChI=1S/C29H28N2O5S2/c1-37(33,34)29-18-24(16-17-25(29)20-32)22-12-14-23(15-13-22)28-19-30(21-31(28)26-8-4-2-5-9-26)38(35,36)27-10-6-3-7-11-27/h2-18,28,32H,19-21H2,1H3. The first-order chi connectivity index (χ1) is 18.2. The molecule has 4 aromatic carbocycles. The predicted octanol–water partition coefficient (Wildman–Crippen LogP) is 4.46. The Bertz CT molecular complexity index is 1640. The normalized spacial score (nSPS) is 16.6. The third-order valence-electron chi connectivity index (χ3n) is 6.80. The minimum atomic E-state index is -3.68. The van der Waals surface area contributed by atoms with Crippen molar-refractivity contribution in [3.63, 3.8) is 0 Å². The van der Waals surface area contributed by atoms with E-state index in [1.807, 2.05) is 54.6 Å². The molecule has 7 nitrogen and oxygen atoms in total. The molecule has 1 unspecified atom stereocenters. The Morgan fingerprint density at radius 1 is 0.789 bits per heavy atom. The molecular formula is C29H28N2O5S2. The van der Waals surface area contributed by atoms with E-state index in [9.17, 15) is 21.9 Å². The number of sulfone groups is 1. The van der Waals surface area contributed by atoms with Crippen molar-refractivity contribution in [1.82, 2.24) is 4.31 Å². The molecule has 1 heterocycles. The first kappa shape index (κ1) is 26.1. The van der Waals surface area contributed by atoms with Gasteiger partial charge in [-0.25, -0.2) is 16.8 Å². The highest BCUT2D eigenvalue weighted by Gasteiger charge is 2.38. The van der Waals surface area contributed by atoms with Gasteiger partial charge in [0.25, 0.3) is 0 Å². The number of sulfonamides is 1. The van der Waals surface area contributed by atoms with Gasteiger partial charge in [0.05, 0.1) is 29.1 Å². The lowest BCUT2D eigenvalue weighted by Crippen LogP contribution is -2.31. The number of aliphatic hydroxyl groups is 1. The molecule has 0 amide bonds. The van der Waals surface area contributed by atoms with E-state index in [1.165, 1.54) is 4.31 Å². The second kappa shape index (κ2) is 10.3. The van der Waals surface area contributed by atoms with Crippen molar-refractivity contribution in [2.45, 2.75) is 22.4 Å². The van der Waals surface area contributed by atoms with Gasteiger partial charge in [0.2, 0.25) is 10.0 Å². The smallest absolute Gasteiger partial charge is 0.244 e. The zero-order chi connectivity index (χ0) is 26.9. The predicted molar refractivity (Wildman–Crippen MR) is 148 cm³/mol. The zero-order valence-corrected chi connectivity index (χ0v) is 22.4. The fourth-order valence-electron chi connectivity index (χ4n) is 4.81. The number of para-hydroxylation sites is 1. The number of hydrogen-bond donors (Lipinski definition) is 1. The summed E-state index contributed by atoms with van der Waals surface area (Å²) in [6.45, 7) is 0.143. The van der Waals surface area contributed by atoms with Crippen molar-refractivity contribution in [3.05, 3.63) is 114 Å². The number of nitrogens with zero attached hydrogens (tertiary/aromatic N) is 2. The molecule has 0 bridgehead atoms. The lowest BCUT2D eigenvalue weighted by Gasteiger charge is -2.26. The number of aliphatic hydroxyl groups excluding tert-OH is 1. The molecule has 4 aromatic rings. The Morgan fingerprint density at radius 2 is 1.39 bits per heavy atom. The minimum absolute atomic E-state index is 0.106. The second-order valence-corrected chi connectivity index (χ2v) is 13.2. The summed E-state index contributed by atoms with van der Waals surface area (Å²) in [6, 6.07) is 30.7. The number of anilines is 1. The number of rotatable bonds is 7.